The average Bonchev–Trinajstić information content (AvgIpc) is 2.65. The lowest BCUT2D eigenvalue weighted by molar-refractivity contribution is 0.0772. The summed E-state index contributed by atoms with van der Waals surface area (Å²) in [5, 5.41) is 0. The molecule has 0 aliphatic heterocycles. The summed E-state index contributed by atoms with van der Waals surface area (Å²) in [4.78, 5) is 14.2. The SMILES string of the molecule is CCOc1ccc(NS(=O)(=O)c2cccc(C(=O)N(CC)CC)c2)cc1Br. The molecule has 0 saturated heterocycles. The Morgan fingerprint density at radius 2 is 1.81 bits per heavy atom. The summed E-state index contributed by atoms with van der Waals surface area (Å²) in [5.41, 5.74) is 0.736. The van der Waals surface area contributed by atoms with E-state index in [1.54, 1.807) is 35.2 Å². The molecule has 2 rings (SSSR count). The molecule has 0 spiro atoms. The first-order chi connectivity index (χ1) is 12.8. The number of anilines is 1. The number of hydrogen-bond donors (Lipinski definition) is 1. The molecule has 2 aromatic rings. The minimum absolute atomic E-state index is 0.0329. The molecule has 0 unspecified atom stereocenters. The van der Waals surface area contributed by atoms with Crippen molar-refractivity contribution in [1.82, 2.24) is 4.90 Å². The van der Waals surface area contributed by atoms with Crippen LogP contribution < -0.4 is 9.46 Å². The topological polar surface area (TPSA) is 75.7 Å². The maximum atomic E-state index is 12.7. The van der Waals surface area contributed by atoms with Crippen molar-refractivity contribution in [2.75, 3.05) is 24.4 Å². The third-order valence-corrected chi connectivity index (χ3v) is 5.92. The fourth-order valence-corrected chi connectivity index (χ4v) is 4.13. The minimum Gasteiger partial charge on any atom is -0.493 e. The van der Waals surface area contributed by atoms with Gasteiger partial charge in [0.25, 0.3) is 15.9 Å². The smallest absolute Gasteiger partial charge is 0.261 e. The molecule has 0 saturated carbocycles. The monoisotopic (exact) mass is 454 g/mol. The number of sulfonamides is 1. The van der Waals surface area contributed by atoms with Gasteiger partial charge in [-0.1, -0.05) is 6.07 Å². The Balaban J connectivity index is 2.28. The Bertz CT molecular complexity index is 912. The van der Waals surface area contributed by atoms with E-state index in [0.717, 1.165) is 0 Å². The molecule has 0 heterocycles. The lowest BCUT2D eigenvalue weighted by Gasteiger charge is -2.19. The molecule has 0 aliphatic rings. The van der Waals surface area contributed by atoms with Crippen LogP contribution in [0, 0.1) is 0 Å². The number of carbonyl (C=O) groups is 1. The van der Waals surface area contributed by atoms with Crippen LogP contribution in [0.3, 0.4) is 0 Å². The Kier molecular flexibility index (Phi) is 7.26. The largest absolute Gasteiger partial charge is 0.493 e. The first-order valence-electron chi connectivity index (χ1n) is 8.66. The van der Waals surface area contributed by atoms with Gasteiger partial charge in [-0.15, -0.1) is 0 Å². The van der Waals surface area contributed by atoms with Crippen molar-refractivity contribution >= 4 is 37.5 Å². The molecule has 6 nitrogen and oxygen atoms in total. The van der Waals surface area contributed by atoms with E-state index in [2.05, 4.69) is 20.7 Å². The molecule has 8 heteroatoms. The molecule has 0 radical (unpaired) electrons. The lowest BCUT2D eigenvalue weighted by atomic mass is 10.2. The van der Waals surface area contributed by atoms with Gasteiger partial charge in [0.1, 0.15) is 5.75 Å². The van der Waals surface area contributed by atoms with E-state index in [1.165, 1.54) is 12.1 Å². The van der Waals surface area contributed by atoms with Gasteiger partial charge >= 0.3 is 0 Å². The fourth-order valence-electron chi connectivity index (χ4n) is 2.54. The zero-order valence-electron chi connectivity index (χ0n) is 15.5. The molecular formula is C19H23BrN2O4S. The van der Waals surface area contributed by atoms with Crippen molar-refractivity contribution in [1.29, 1.82) is 0 Å². The van der Waals surface area contributed by atoms with Crippen LogP contribution in [0.1, 0.15) is 31.1 Å². The number of benzene rings is 2. The van der Waals surface area contributed by atoms with E-state index < -0.39 is 10.0 Å². The summed E-state index contributed by atoms with van der Waals surface area (Å²) in [6.45, 7) is 7.27. The highest BCUT2D eigenvalue weighted by Crippen LogP contribution is 2.29. The van der Waals surface area contributed by atoms with Crippen LogP contribution in [-0.2, 0) is 10.0 Å². The summed E-state index contributed by atoms with van der Waals surface area (Å²) >= 11 is 3.36. The van der Waals surface area contributed by atoms with Crippen molar-refractivity contribution in [2.45, 2.75) is 25.7 Å². The predicted molar refractivity (Wildman–Crippen MR) is 110 cm³/mol. The Labute approximate surface area is 168 Å². The first kappa shape index (κ1) is 21.2. The van der Waals surface area contributed by atoms with Gasteiger partial charge in [0.2, 0.25) is 0 Å². The van der Waals surface area contributed by atoms with Gasteiger partial charge in [-0.25, -0.2) is 8.42 Å². The van der Waals surface area contributed by atoms with Crippen molar-refractivity contribution in [3.63, 3.8) is 0 Å². The molecule has 0 fully saturated rings. The molecular weight excluding hydrogens is 432 g/mol. The maximum Gasteiger partial charge on any atom is 0.261 e. The number of rotatable bonds is 8. The van der Waals surface area contributed by atoms with E-state index in [0.29, 0.717) is 41.2 Å². The van der Waals surface area contributed by atoms with Crippen molar-refractivity contribution in [2.24, 2.45) is 0 Å². The fraction of sp³-hybridized carbons (Fsp3) is 0.316. The highest BCUT2D eigenvalue weighted by atomic mass is 79.9. The third-order valence-electron chi connectivity index (χ3n) is 3.93. The predicted octanol–water partition coefficient (Wildman–Crippen LogP) is 4.13. The number of ether oxygens (including phenoxy) is 1. The molecule has 146 valence electrons. The van der Waals surface area contributed by atoms with Crippen LogP contribution in [0.25, 0.3) is 0 Å². The van der Waals surface area contributed by atoms with Crippen LogP contribution in [0.15, 0.2) is 51.8 Å². The second kappa shape index (κ2) is 9.23. The van der Waals surface area contributed by atoms with Gasteiger partial charge < -0.3 is 9.64 Å². The van der Waals surface area contributed by atoms with E-state index in [4.69, 9.17) is 4.74 Å². The van der Waals surface area contributed by atoms with Gasteiger partial charge in [0.05, 0.1) is 21.7 Å². The lowest BCUT2D eigenvalue weighted by Crippen LogP contribution is -2.30. The van der Waals surface area contributed by atoms with Crippen LogP contribution in [0.4, 0.5) is 5.69 Å². The van der Waals surface area contributed by atoms with Gasteiger partial charge in [0, 0.05) is 18.7 Å². The highest BCUT2D eigenvalue weighted by Gasteiger charge is 2.19. The maximum absolute atomic E-state index is 12.7. The van der Waals surface area contributed by atoms with Gasteiger partial charge in [-0.3, -0.25) is 9.52 Å². The van der Waals surface area contributed by atoms with Crippen LogP contribution >= 0.6 is 15.9 Å². The zero-order valence-corrected chi connectivity index (χ0v) is 17.9. The van der Waals surface area contributed by atoms with Gasteiger partial charge in [-0.2, -0.15) is 0 Å². The molecule has 0 aliphatic carbocycles. The normalized spacial score (nSPS) is 11.1. The van der Waals surface area contributed by atoms with Crippen molar-refractivity contribution < 1.29 is 17.9 Å². The summed E-state index contributed by atoms with van der Waals surface area (Å²) in [7, 11) is -3.83. The summed E-state index contributed by atoms with van der Waals surface area (Å²) in [6.07, 6.45) is 0. The molecule has 1 N–H and O–H groups in total. The first-order valence-corrected chi connectivity index (χ1v) is 10.9. The molecule has 0 atom stereocenters. The van der Waals surface area contributed by atoms with E-state index >= 15 is 0 Å². The Morgan fingerprint density at radius 3 is 2.41 bits per heavy atom. The molecule has 1 amide bonds. The minimum atomic E-state index is -3.83. The third kappa shape index (κ3) is 5.23. The summed E-state index contributed by atoms with van der Waals surface area (Å²) in [6, 6.07) is 11.0. The highest BCUT2D eigenvalue weighted by molar-refractivity contribution is 9.10. The quantitative estimate of drug-likeness (QED) is 0.650. The van der Waals surface area contributed by atoms with E-state index in [-0.39, 0.29) is 10.8 Å². The summed E-state index contributed by atoms with van der Waals surface area (Å²) < 4.78 is 34.1. The van der Waals surface area contributed by atoms with Crippen LogP contribution in [0.2, 0.25) is 0 Å². The standard InChI is InChI=1S/C19H23BrN2O4S/c1-4-22(5-2)19(23)14-8-7-9-16(12-14)27(24,25)21-15-10-11-18(26-6-3)17(20)13-15/h7-13,21H,4-6H2,1-3H3. The number of halogens is 1. The molecule has 0 aromatic heterocycles. The van der Waals surface area contributed by atoms with E-state index in [9.17, 15) is 13.2 Å². The molecule has 27 heavy (non-hydrogen) atoms. The molecule has 0 bridgehead atoms. The number of carbonyl (C=O) groups excluding carboxylic acids is 1. The zero-order chi connectivity index (χ0) is 20.0. The van der Waals surface area contributed by atoms with Crippen LogP contribution in [-0.4, -0.2) is 38.9 Å². The van der Waals surface area contributed by atoms with Crippen molar-refractivity contribution in [3.8, 4) is 5.75 Å². The number of hydrogen-bond acceptors (Lipinski definition) is 4. The van der Waals surface area contributed by atoms with Crippen molar-refractivity contribution in [3.05, 3.63) is 52.5 Å². The second-order valence-corrected chi connectivity index (χ2v) is 8.23. The Morgan fingerprint density at radius 1 is 1.11 bits per heavy atom. The number of nitrogens with zero attached hydrogens (tertiary/aromatic N) is 1. The van der Waals surface area contributed by atoms with Crippen LogP contribution in [0.5, 0.6) is 5.75 Å². The summed E-state index contributed by atoms with van der Waals surface area (Å²) in [5.74, 6) is 0.438. The second-order valence-electron chi connectivity index (χ2n) is 5.69. The van der Waals surface area contributed by atoms with E-state index in [1.807, 2.05) is 20.8 Å². The van der Waals surface area contributed by atoms with Gasteiger partial charge in [0.15, 0.2) is 0 Å². The Hall–Kier alpha value is -2.06. The average molecular weight is 455 g/mol. The number of nitrogens with one attached hydrogen (secondary N) is 1. The number of amides is 1. The molecule has 2 aromatic carbocycles. The van der Waals surface area contributed by atoms with Gasteiger partial charge in [-0.05, 0) is 73.1 Å².